The first-order chi connectivity index (χ1) is 9.87. The molecule has 0 aliphatic carbocycles. The predicted molar refractivity (Wildman–Crippen MR) is 69.8 cm³/mol. The number of aliphatic hydroxyl groups is 2. The molecule has 114 valence electrons. The molecule has 0 amide bonds. The lowest BCUT2D eigenvalue weighted by atomic mass is 9.98. The van der Waals surface area contributed by atoms with Crippen LogP contribution in [-0.4, -0.2) is 54.3 Å². The maximum Gasteiger partial charge on any atom is 0.240 e. The standard InChI is InChI=1S/C11H15FN6O3/c1-11(3-19)7(20)5(12)6(21-11)4-2-15-9-8(13)16-10(14)17-18(4)9/h2,5-7,19-20H,3H2,1H3,(H4,13,14,16,17). The molecule has 21 heavy (non-hydrogen) atoms. The number of hydrogen-bond acceptors (Lipinski definition) is 8. The molecule has 2 aromatic rings. The quantitative estimate of drug-likeness (QED) is 0.541. The van der Waals surface area contributed by atoms with Gasteiger partial charge in [-0.05, 0) is 6.92 Å². The number of nitrogen functional groups attached to an aromatic ring is 2. The lowest BCUT2D eigenvalue weighted by Gasteiger charge is -2.24. The van der Waals surface area contributed by atoms with Gasteiger partial charge in [-0.1, -0.05) is 0 Å². The van der Waals surface area contributed by atoms with Crippen LogP contribution in [0.3, 0.4) is 0 Å². The van der Waals surface area contributed by atoms with E-state index in [9.17, 15) is 14.6 Å². The average molecular weight is 298 g/mol. The Morgan fingerprint density at radius 3 is 2.86 bits per heavy atom. The summed E-state index contributed by atoms with van der Waals surface area (Å²) in [4.78, 5) is 7.76. The number of rotatable bonds is 2. The number of halogens is 1. The molecule has 1 fully saturated rings. The molecule has 3 rings (SSSR count). The van der Waals surface area contributed by atoms with Gasteiger partial charge in [0.1, 0.15) is 17.8 Å². The van der Waals surface area contributed by atoms with Crippen LogP contribution >= 0.6 is 0 Å². The smallest absolute Gasteiger partial charge is 0.240 e. The number of anilines is 2. The summed E-state index contributed by atoms with van der Waals surface area (Å²) >= 11 is 0. The van der Waals surface area contributed by atoms with E-state index in [0.29, 0.717) is 0 Å². The van der Waals surface area contributed by atoms with Gasteiger partial charge in [-0.2, -0.15) is 4.98 Å². The Labute approximate surface area is 118 Å². The Hall–Kier alpha value is -2.04. The van der Waals surface area contributed by atoms with E-state index < -0.39 is 30.6 Å². The van der Waals surface area contributed by atoms with Crippen molar-refractivity contribution < 1.29 is 19.3 Å². The van der Waals surface area contributed by atoms with Gasteiger partial charge in [0.2, 0.25) is 5.95 Å². The van der Waals surface area contributed by atoms with Crippen LogP contribution in [0.5, 0.6) is 0 Å². The minimum absolute atomic E-state index is 0.0487. The highest BCUT2D eigenvalue weighted by Crippen LogP contribution is 2.41. The lowest BCUT2D eigenvalue weighted by Crippen LogP contribution is -2.42. The van der Waals surface area contributed by atoms with E-state index in [1.807, 2.05) is 0 Å². The Bertz CT molecular complexity index is 694. The zero-order valence-electron chi connectivity index (χ0n) is 11.1. The molecular weight excluding hydrogens is 283 g/mol. The van der Waals surface area contributed by atoms with Gasteiger partial charge in [-0.15, -0.1) is 5.10 Å². The highest BCUT2D eigenvalue weighted by molar-refractivity contribution is 5.60. The van der Waals surface area contributed by atoms with Crippen molar-refractivity contribution in [1.29, 1.82) is 0 Å². The topological polar surface area (TPSA) is 145 Å². The highest BCUT2D eigenvalue weighted by Gasteiger charge is 2.53. The molecule has 0 spiro atoms. The van der Waals surface area contributed by atoms with Crippen molar-refractivity contribution in [3.05, 3.63) is 11.9 Å². The van der Waals surface area contributed by atoms with Crippen LogP contribution in [0.1, 0.15) is 18.7 Å². The first-order valence-electron chi connectivity index (χ1n) is 6.25. The summed E-state index contributed by atoms with van der Waals surface area (Å²) in [6.45, 7) is 0.895. The summed E-state index contributed by atoms with van der Waals surface area (Å²) in [5.41, 5.74) is 10.2. The Morgan fingerprint density at radius 2 is 2.24 bits per heavy atom. The van der Waals surface area contributed by atoms with Crippen LogP contribution in [0.2, 0.25) is 0 Å². The Morgan fingerprint density at radius 1 is 1.52 bits per heavy atom. The van der Waals surface area contributed by atoms with Gasteiger partial charge in [-0.3, -0.25) is 0 Å². The van der Waals surface area contributed by atoms with E-state index in [0.717, 1.165) is 0 Å². The molecule has 2 aromatic heterocycles. The molecule has 10 heteroatoms. The van der Waals surface area contributed by atoms with E-state index in [1.54, 1.807) is 0 Å². The number of fused-ring (bicyclic) bond motifs is 1. The molecule has 9 nitrogen and oxygen atoms in total. The van der Waals surface area contributed by atoms with Gasteiger partial charge >= 0.3 is 0 Å². The minimum Gasteiger partial charge on any atom is -0.393 e. The van der Waals surface area contributed by atoms with Crippen molar-refractivity contribution in [2.24, 2.45) is 0 Å². The number of aliphatic hydroxyl groups excluding tert-OH is 2. The maximum absolute atomic E-state index is 14.3. The summed E-state index contributed by atoms with van der Waals surface area (Å²) in [6, 6.07) is 0. The van der Waals surface area contributed by atoms with Crippen molar-refractivity contribution in [2.75, 3.05) is 18.1 Å². The highest BCUT2D eigenvalue weighted by atomic mass is 19.1. The van der Waals surface area contributed by atoms with Crippen LogP contribution in [0.15, 0.2) is 6.20 Å². The van der Waals surface area contributed by atoms with E-state index in [4.69, 9.17) is 16.2 Å². The molecule has 0 radical (unpaired) electrons. The number of aromatic nitrogens is 4. The summed E-state index contributed by atoms with van der Waals surface area (Å²) in [5, 5.41) is 23.1. The molecular formula is C11H15FN6O3. The van der Waals surface area contributed by atoms with Crippen molar-refractivity contribution in [3.63, 3.8) is 0 Å². The van der Waals surface area contributed by atoms with Gasteiger partial charge in [0.05, 0.1) is 18.5 Å². The van der Waals surface area contributed by atoms with Crippen molar-refractivity contribution in [3.8, 4) is 0 Å². The maximum atomic E-state index is 14.3. The molecule has 0 saturated carbocycles. The summed E-state index contributed by atoms with van der Waals surface area (Å²) in [5.74, 6) is -0.0502. The monoisotopic (exact) mass is 298 g/mol. The second-order valence-electron chi connectivity index (χ2n) is 5.17. The molecule has 6 N–H and O–H groups in total. The van der Waals surface area contributed by atoms with Gasteiger partial charge in [0, 0.05) is 0 Å². The fourth-order valence-corrected chi connectivity index (χ4v) is 2.41. The number of alkyl halides is 1. The number of hydrogen-bond donors (Lipinski definition) is 4. The fraction of sp³-hybridized carbons (Fsp3) is 0.545. The average Bonchev–Trinajstić information content (AvgIpc) is 2.95. The largest absolute Gasteiger partial charge is 0.393 e. The second kappa shape index (κ2) is 4.48. The van der Waals surface area contributed by atoms with E-state index in [-0.39, 0.29) is 23.1 Å². The number of imidazole rings is 1. The number of ether oxygens (including phenoxy) is 1. The van der Waals surface area contributed by atoms with Crippen LogP contribution in [0.25, 0.3) is 5.65 Å². The molecule has 1 saturated heterocycles. The molecule has 4 unspecified atom stereocenters. The third kappa shape index (κ3) is 1.91. The first kappa shape index (κ1) is 13.9. The molecule has 3 heterocycles. The molecule has 1 aliphatic rings. The van der Waals surface area contributed by atoms with Crippen LogP contribution < -0.4 is 11.5 Å². The van der Waals surface area contributed by atoms with Gasteiger partial charge in [-0.25, -0.2) is 13.9 Å². The third-order valence-corrected chi connectivity index (χ3v) is 3.65. The lowest BCUT2D eigenvalue weighted by molar-refractivity contribution is -0.100. The Balaban J connectivity index is 2.10. The summed E-state index contributed by atoms with van der Waals surface area (Å²) in [6.07, 6.45) is -3.05. The molecule has 1 aliphatic heterocycles. The number of nitrogens with zero attached hydrogens (tertiary/aromatic N) is 4. The van der Waals surface area contributed by atoms with Crippen molar-refractivity contribution in [1.82, 2.24) is 19.6 Å². The van der Waals surface area contributed by atoms with Crippen molar-refractivity contribution >= 4 is 17.4 Å². The van der Waals surface area contributed by atoms with Gasteiger partial charge < -0.3 is 26.4 Å². The number of nitrogens with two attached hydrogens (primary N) is 2. The second-order valence-corrected chi connectivity index (χ2v) is 5.17. The SMILES string of the molecule is CC1(CO)OC(c2cnc3c(N)nc(N)nn23)C(F)C1O. The minimum atomic E-state index is -1.75. The summed E-state index contributed by atoms with van der Waals surface area (Å²) < 4.78 is 21.0. The third-order valence-electron chi connectivity index (χ3n) is 3.65. The van der Waals surface area contributed by atoms with Gasteiger partial charge in [0.15, 0.2) is 17.6 Å². The van der Waals surface area contributed by atoms with E-state index >= 15 is 0 Å². The Kier molecular flexibility index (Phi) is 2.97. The van der Waals surface area contributed by atoms with Gasteiger partial charge in [0.25, 0.3) is 0 Å². The van der Waals surface area contributed by atoms with Crippen LogP contribution in [0, 0.1) is 0 Å². The zero-order valence-corrected chi connectivity index (χ0v) is 11.1. The fourth-order valence-electron chi connectivity index (χ4n) is 2.41. The van der Waals surface area contributed by atoms with Crippen LogP contribution in [-0.2, 0) is 4.74 Å². The molecule has 4 atom stereocenters. The van der Waals surface area contributed by atoms with E-state index in [1.165, 1.54) is 17.6 Å². The van der Waals surface area contributed by atoms with E-state index in [2.05, 4.69) is 15.1 Å². The first-order valence-corrected chi connectivity index (χ1v) is 6.25. The molecule has 0 bridgehead atoms. The van der Waals surface area contributed by atoms with Crippen LogP contribution in [0.4, 0.5) is 16.2 Å². The normalized spacial score (nSPS) is 32.9. The van der Waals surface area contributed by atoms with Crippen molar-refractivity contribution in [2.45, 2.75) is 30.9 Å². The summed E-state index contributed by atoms with van der Waals surface area (Å²) in [7, 11) is 0. The zero-order chi connectivity index (χ0) is 15.4. The predicted octanol–water partition coefficient (Wildman–Crippen LogP) is -1.19. The molecule has 0 aromatic carbocycles.